The van der Waals surface area contributed by atoms with Gasteiger partial charge < -0.3 is 19.7 Å². The fraction of sp³-hybridized carbons (Fsp3) is 0.875. The Morgan fingerprint density at radius 1 is 1.30 bits per heavy atom. The number of aliphatic imine (C=N–C) groups is 1. The van der Waals surface area contributed by atoms with Crippen LogP contribution in [0, 0.1) is 5.92 Å². The number of hydrogen-bond acceptors (Lipinski definition) is 4. The lowest BCUT2D eigenvalue weighted by Gasteiger charge is -2.33. The van der Waals surface area contributed by atoms with Gasteiger partial charge in [-0.25, -0.2) is 0 Å². The molecule has 2 saturated heterocycles. The maximum atomic E-state index is 11.8. The Bertz CT molecular complexity index is 379. The van der Waals surface area contributed by atoms with Gasteiger partial charge in [-0.2, -0.15) is 0 Å². The molecule has 23 heavy (non-hydrogen) atoms. The van der Waals surface area contributed by atoms with Gasteiger partial charge in [0.15, 0.2) is 5.96 Å². The van der Waals surface area contributed by atoms with Crippen LogP contribution in [0.4, 0.5) is 0 Å². The van der Waals surface area contributed by atoms with Gasteiger partial charge >= 0.3 is 5.97 Å². The lowest BCUT2D eigenvalue weighted by Crippen LogP contribution is -2.47. The van der Waals surface area contributed by atoms with Crippen LogP contribution in [0.5, 0.6) is 0 Å². The minimum atomic E-state index is -0.0524. The third-order valence-corrected chi connectivity index (χ3v) is 4.22. The van der Waals surface area contributed by atoms with Crippen LogP contribution in [-0.2, 0) is 14.3 Å². The predicted octanol–water partition coefficient (Wildman–Crippen LogP) is 2.02. The first-order chi connectivity index (χ1) is 10.7. The first-order valence-corrected chi connectivity index (χ1v) is 8.56. The van der Waals surface area contributed by atoms with Crippen molar-refractivity contribution in [3.05, 3.63) is 0 Å². The van der Waals surface area contributed by atoms with Crippen LogP contribution < -0.4 is 5.32 Å². The van der Waals surface area contributed by atoms with E-state index in [1.54, 1.807) is 0 Å². The average Bonchev–Trinajstić information content (AvgIpc) is 3.05. The lowest BCUT2D eigenvalue weighted by molar-refractivity contribution is -0.149. The molecule has 7 heteroatoms. The van der Waals surface area contributed by atoms with Crippen LogP contribution in [-0.4, -0.2) is 62.3 Å². The molecule has 0 radical (unpaired) electrons. The van der Waals surface area contributed by atoms with E-state index in [0.29, 0.717) is 6.61 Å². The topological polar surface area (TPSA) is 63.2 Å². The number of halogens is 1. The summed E-state index contributed by atoms with van der Waals surface area (Å²) in [4.78, 5) is 18.8. The lowest BCUT2D eigenvalue weighted by atomic mass is 9.97. The molecule has 2 aliphatic rings. The molecule has 0 amide bonds. The van der Waals surface area contributed by atoms with Crippen molar-refractivity contribution in [2.24, 2.45) is 10.9 Å². The molecule has 1 unspecified atom stereocenters. The second kappa shape index (κ2) is 11.1. The van der Waals surface area contributed by atoms with Crippen LogP contribution in [0.1, 0.15) is 39.5 Å². The molecule has 0 aromatic carbocycles. The van der Waals surface area contributed by atoms with Crippen LogP contribution in [0.2, 0.25) is 0 Å². The van der Waals surface area contributed by atoms with Gasteiger partial charge in [0.05, 0.1) is 25.2 Å². The van der Waals surface area contributed by atoms with E-state index < -0.39 is 0 Å². The van der Waals surface area contributed by atoms with Gasteiger partial charge in [0.1, 0.15) is 0 Å². The number of carbonyl (C=O) groups excluding carboxylic acids is 1. The van der Waals surface area contributed by atoms with Gasteiger partial charge in [-0.05, 0) is 39.5 Å². The fourth-order valence-corrected chi connectivity index (χ4v) is 2.99. The first-order valence-electron chi connectivity index (χ1n) is 8.56. The number of likely N-dealkylation sites (tertiary alicyclic amines) is 1. The number of hydrogen-bond donors (Lipinski definition) is 1. The molecule has 2 heterocycles. The standard InChI is InChI=1S/C16H29N3O3.HI/c1-3-17-16(18-12-14-6-5-11-22-14)19-9-7-13(8-10-19)15(20)21-4-2;/h13-14H,3-12H2,1-2H3,(H,17,18);1H. The number of ether oxygens (including phenoxy) is 2. The monoisotopic (exact) mass is 439 g/mol. The summed E-state index contributed by atoms with van der Waals surface area (Å²) in [5.41, 5.74) is 0. The van der Waals surface area contributed by atoms with Gasteiger partial charge in [0.25, 0.3) is 0 Å². The normalized spacial score (nSPS) is 22.6. The summed E-state index contributed by atoms with van der Waals surface area (Å²) in [5.74, 6) is 0.931. The van der Waals surface area contributed by atoms with Crippen molar-refractivity contribution in [1.29, 1.82) is 0 Å². The molecule has 0 spiro atoms. The van der Waals surface area contributed by atoms with Gasteiger partial charge in [0, 0.05) is 26.2 Å². The minimum Gasteiger partial charge on any atom is -0.466 e. The molecule has 0 bridgehead atoms. The van der Waals surface area contributed by atoms with Gasteiger partial charge in [0.2, 0.25) is 0 Å². The molecule has 0 aliphatic carbocycles. The third kappa shape index (κ3) is 6.45. The largest absolute Gasteiger partial charge is 0.466 e. The Balaban J connectivity index is 0.00000264. The van der Waals surface area contributed by atoms with Gasteiger partial charge in [-0.1, -0.05) is 0 Å². The average molecular weight is 439 g/mol. The Morgan fingerprint density at radius 2 is 2.04 bits per heavy atom. The van der Waals surface area contributed by atoms with E-state index in [2.05, 4.69) is 17.1 Å². The predicted molar refractivity (Wildman–Crippen MR) is 101 cm³/mol. The van der Waals surface area contributed by atoms with E-state index in [9.17, 15) is 4.79 Å². The van der Waals surface area contributed by atoms with Crippen LogP contribution >= 0.6 is 24.0 Å². The van der Waals surface area contributed by atoms with Crippen LogP contribution in [0.3, 0.4) is 0 Å². The quantitative estimate of drug-likeness (QED) is 0.308. The Morgan fingerprint density at radius 3 is 2.61 bits per heavy atom. The number of carbonyl (C=O) groups is 1. The summed E-state index contributed by atoms with van der Waals surface area (Å²) in [6.07, 6.45) is 4.19. The molecule has 1 atom stereocenters. The van der Waals surface area contributed by atoms with Crippen molar-refractivity contribution >= 4 is 35.9 Å². The zero-order valence-corrected chi connectivity index (χ0v) is 16.6. The van der Waals surface area contributed by atoms with Crippen molar-refractivity contribution in [2.75, 3.05) is 39.4 Å². The summed E-state index contributed by atoms with van der Waals surface area (Å²) in [7, 11) is 0. The highest BCUT2D eigenvalue weighted by Gasteiger charge is 2.27. The zero-order chi connectivity index (χ0) is 15.8. The molecule has 6 nitrogen and oxygen atoms in total. The molecule has 2 rings (SSSR count). The van der Waals surface area contributed by atoms with E-state index in [4.69, 9.17) is 14.5 Å². The highest BCUT2D eigenvalue weighted by molar-refractivity contribution is 14.0. The zero-order valence-electron chi connectivity index (χ0n) is 14.3. The maximum absolute atomic E-state index is 11.8. The Kier molecular flexibility index (Phi) is 9.85. The smallest absolute Gasteiger partial charge is 0.309 e. The summed E-state index contributed by atoms with van der Waals surface area (Å²) in [6, 6.07) is 0. The SMILES string of the molecule is CCNC(=NCC1CCCO1)N1CCC(C(=O)OCC)CC1.I. The van der Waals surface area contributed by atoms with Crippen molar-refractivity contribution in [2.45, 2.75) is 45.6 Å². The number of piperidine rings is 1. The second-order valence-electron chi connectivity index (χ2n) is 5.84. The molecule has 134 valence electrons. The molecular weight excluding hydrogens is 409 g/mol. The highest BCUT2D eigenvalue weighted by Crippen LogP contribution is 2.19. The second-order valence-corrected chi connectivity index (χ2v) is 5.84. The number of rotatable bonds is 5. The third-order valence-electron chi connectivity index (χ3n) is 4.22. The molecule has 2 aliphatic heterocycles. The molecule has 1 N–H and O–H groups in total. The molecule has 0 aromatic heterocycles. The number of nitrogens with one attached hydrogen (secondary N) is 1. The maximum Gasteiger partial charge on any atom is 0.309 e. The van der Waals surface area contributed by atoms with E-state index in [0.717, 1.165) is 64.4 Å². The van der Waals surface area contributed by atoms with E-state index >= 15 is 0 Å². The summed E-state index contributed by atoms with van der Waals surface area (Å²) < 4.78 is 10.7. The van der Waals surface area contributed by atoms with Crippen molar-refractivity contribution in [1.82, 2.24) is 10.2 Å². The van der Waals surface area contributed by atoms with Crippen molar-refractivity contribution in [3.63, 3.8) is 0 Å². The van der Waals surface area contributed by atoms with Crippen LogP contribution in [0.15, 0.2) is 4.99 Å². The molecule has 0 saturated carbocycles. The number of guanidine groups is 1. The van der Waals surface area contributed by atoms with Crippen LogP contribution in [0.25, 0.3) is 0 Å². The summed E-state index contributed by atoms with van der Waals surface area (Å²) in [5, 5.41) is 3.35. The number of nitrogens with zero attached hydrogens (tertiary/aromatic N) is 2. The molecule has 0 aromatic rings. The van der Waals surface area contributed by atoms with E-state index in [1.165, 1.54) is 0 Å². The minimum absolute atomic E-state index is 0. The first kappa shape index (κ1) is 20.5. The van der Waals surface area contributed by atoms with Gasteiger partial charge in [-0.15, -0.1) is 24.0 Å². The van der Waals surface area contributed by atoms with Gasteiger partial charge in [-0.3, -0.25) is 9.79 Å². The van der Waals surface area contributed by atoms with E-state index in [-0.39, 0.29) is 42.0 Å². The van der Waals surface area contributed by atoms with E-state index in [1.807, 2.05) is 6.92 Å². The van der Waals surface area contributed by atoms with Crippen molar-refractivity contribution < 1.29 is 14.3 Å². The Hall–Kier alpha value is -0.570. The summed E-state index contributed by atoms with van der Waals surface area (Å²) in [6.45, 7) is 8.52. The molecule has 2 fully saturated rings. The summed E-state index contributed by atoms with van der Waals surface area (Å²) >= 11 is 0. The number of esters is 1. The highest BCUT2D eigenvalue weighted by atomic mass is 127. The molecular formula is C16H30IN3O3. The Labute approximate surface area is 156 Å². The van der Waals surface area contributed by atoms with Crippen molar-refractivity contribution in [3.8, 4) is 0 Å². The fourth-order valence-electron chi connectivity index (χ4n) is 2.99.